The van der Waals surface area contributed by atoms with Crippen LogP contribution in [0.1, 0.15) is 37.6 Å². The van der Waals surface area contributed by atoms with Gasteiger partial charge >= 0.3 is 0 Å². The molecule has 0 aliphatic carbocycles. The summed E-state index contributed by atoms with van der Waals surface area (Å²) < 4.78 is 0. The van der Waals surface area contributed by atoms with Gasteiger partial charge in [-0.25, -0.2) is 0 Å². The summed E-state index contributed by atoms with van der Waals surface area (Å²) in [6.45, 7) is 7.52. The van der Waals surface area contributed by atoms with E-state index in [2.05, 4.69) is 26.1 Å². The van der Waals surface area contributed by atoms with Gasteiger partial charge in [-0.3, -0.25) is 4.79 Å². The molecule has 0 saturated carbocycles. The van der Waals surface area contributed by atoms with Gasteiger partial charge in [0.25, 0.3) is 5.91 Å². The van der Waals surface area contributed by atoms with E-state index in [-0.39, 0.29) is 5.91 Å². The number of anilines is 1. The van der Waals surface area contributed by atoms with Gasteiger partial charge in [-0.1, -0.05) is 32.9 Å². The van der Waals surface area contributed by atoms with Gasteiger partial charge in [-0.15, -0.1) is 0 Å². The quantitative estimate of drug-likeness (QED) is 0.887. The highest BCUT2D eigenvalue weighted by Gasteiger charge is 2.13. The highest BCUT2D eigenvalue weighted by molar-refractivity contribution is 5.99. The van der Waals surface area contributed by atoms with Crippen molar-refractivity contribution in [2.75, 3.05) is 26.0 Å². The standard InChI is InChI=1S/C15H24N2O/c1-15(2,3)10-11-16-13-9-7-6-8-12(13)14(18)17(4)5/h6-9,16H,10-11H2,1-5H3. The van der Waals surface area contributed by atoms with Gasteiger partial charge in [0, 0.05) is 26.3 Å². The maximum Gasteiger partial charge on any atom is 0.255 e. The lowest BCUT2D eigenvalue weighted by Gasteiger charge is -2.20. The van der Waals surface area contributed by atoms with Crippen molar-refractivity contribution in [1.29, 1.82) is 0 Å². The van der Waals surface area contributed by atoms with Crippen molar-refractivity contribution in [3.05, 3.63) is 29.8 Å². The number of amides is 1. The Bertz CT molecular complexity index is 405. The lowest BCUT2D eigenvalue weighted by Crippen LogP contribution is -2.23. The molecule has 0 atom stereocenters. The number of benzene rings is 1. The van der Waals surface area contributed by atoms with E-state index in [0.29, 0.717) is 5.41 Å². The molecule has 0 unspecified atom stereocenters. The van der Waals surface area contributed by atoms with Crippen LogP contribution >= 0.6 is 0 Å². The topological polar surface area (TPSA) is 32.3 Å². The Hall–Kier alpha value is -1.51. The van der Waals surface area contributed by atoms with Crippen LogP contribution in [0.4, 0.5) is 5.69 Å². The highest BCUT2D eigenvalue weighted by Crippen LogP contribution is 2.20. The lowest BCUT2D eigenvalue weighted by atomic mass is 9.92. The zero-order valence-electron chi connectivity index (χ0n) is 12.1. The predicted octanol–water partition coefficient (Wildman–Crippen LogP) is 3.24. The Morgan fingerprint density at radius 2 is 1.83 bits per heavy atom. The third kappa shape index (κ3) is 4.40. The second-order valence-electron chi connectivity index (χ2n) is 5.98. The maximum atomic E-state index is 12.0. The number of nitrogens with zero attached hydrogens (tertiary/aromatic N) is 1. The molecule has 0 aliphatic heterocycles. The van der Waals surface area contributed by atoms with Crippen LogP contribution in [0, 0.1) is 5.41 Å². The number of hydrogen-bond acceptors (Lipinski definition) is 2. The number of rotatable bonds is 4. The fraction of sp³-hybridized carbons (Fsp3) is 0.533. The van der Waals surface area contributed by atoms with E-state index in [0.717, 1.165) is 24.2 Å². The molecule has 1 aromatic carbocycles. The summed E-state index contributed by atoms with van der Waals surface area (Å²) in [5, 5.41) is 3.36. The van der Waals surface area contributed by atoms with Crippen molar-refractivity contribution in [2.45, 2.75) is 27.2 Å². The molecule has 3 nitrogen and oxygen atoms in total. The zero-order chi connectivity index (χ0) is 13.8. The van der Waals surface area contributed by atoms with Gasteiger partial charge in [0.15, 0.2) is 0 Å². The number of para-hydroxylation sites is 1. The average molecular weight is 248 g/mol. The van der Waals surface area contributed by atoms with Crippen molar-refractivity contribution < 1.29 is 4.79 Å². The minimum absolute atomic E-state index is 0.0360. The van der Waals surface area contributed by atoms with Gasteiger partial charge in [0.2, 0.25) is 0 Å². The van der Waals surface area contributed by atoms with E-state index in [1.54, 1.807) is 19.0 Å². The van der Waals surface area contributed by atoms with Crippen molar-refractivity contribution >= 4 is 11.6 Å². The third-order valence-electron chi connectivity index (χ3n) is 2.75. The Kier molecular flexibility index (Phi) is 4.76. The van der Waals surface area contributed by atoms with Gasteiger partial charge in [0.1, 0.15) is 0 Å². The summed E-state index contributed by atoms with van der Waals surface area (Å²) in [5.74, 6) is 0.0360. The molecule has 1 N–H and O–H groups in total. The van der Waals surface area contributed by atoms with Gasteiger partial charge < -0.3 is 10.2 Å². The SMILES string of the molecule is CN(C)C(=O)c1ccccc1NCCC(C)(C)C. The minimum Gasteiger partial charge on any atom is -0.384 e. The molecular weight excluding hydrogens is 224 g/mol. The van der Waals surface area contributed by atoms with E-state index in [1.807, 2.05) is 24.3 Å². The van der Waals surface area contributed by atoms with E-state index in [1.165, 1.54) is 0 Å². The van der Waals surface area contributed by atoms with E-state index < -0.39 is 0 Å². The molecule has 3 heteroatoms. The van der Waals surface area contributed by atoms with Crippen LogP contribution in [0.2, 0.25) is 0 Å². The van der Waals surface area contributed by atoms with Crippen LogP contribution in [0.3, 0.4) is 0 Å². The summed E-state index contributed by atoms with van der Waals surface area (Å²) in [5.41, 5.74) is 1.95. The first-order valence-corrected chi connectivity index (χ1v) is 6.36. The summed E-state index contributed by atoms with van der Waals surface area (Å²) >= 11 is 0. The van der Waals surface area contributed by atoms with Crippen molar-refractivity contribution in [3.63, 3.8) is 0 Å². The molecule has 0 heterocycles. The summed E-state index contributed by atoms with van der Waals surface area (Å²) in [6.07, 6.45) is 1.07. The minimum atomic E-state index is 0.0360. The first kappa shape index (κ1) is 14.6. The molecule has 1 aromatic rings. The first-order chi connectivity index (χ1) is 8.31. The van der Waals surface area contributed by atoms with E-state index in [9.17, 15) is 4.79 Å². The molecule has 0 saturated heterocycles. The van der Waals surface area contributed by atoms with Crippen LogP contribution < -0.4 is 5.32 Å². The molecule has 1 rings (SSSR count). The predicted molar refractivity (Wildman–Crippen MR) is 77.0 cm³/mol. The molecular formula is C15H24N2O. The van der Waals surface area contributed by atoms with Crippen LogP contribution in [0.5, 0.6) is 0 Å². The molecule has 0 radical (unpaired) electrons. The third-order valence-corrected chi connectivity index (χ3v) is 2.75. The second kappa shape index (κ2) is 5.89. The van der Waals surface area contributed by atoms with E-state index in [4.69, 9.17) is 0 Å². The summed E-state index contributed by atoms with van der Waals surface area (Å²) in [6, 6.07) is 7.67. The van der Waals surface area contributed by atoms with Crippen LogP contribution in [0.15, 0.2) is 24.3 Å². The van der Waals surface area contributed by atoms with Crippen LogP contribution in [-0.2, 0) is 0 Å². The fourth-order valence-corrected chi connectivity index (χ4v) is 1.64. The molecule has 18 heavy (non-hydrogen) atoms. The number of hydrogen-bond donors (Lipinski definition) is 1. The van der Waals surface area contributed by atoms with Crippen LogP contribution in [0.25, 0.3) is 0 Å². The van der Waals surface area contributed by atoms with Gasteiger partial charge in [-0.2, -0.15) is 0 Å². The molecule has 1 amide bonds. The smallest absolute Gasteiger partial charge is 0.255 e. The Labute approximate surface area is 110 Å². The summed E-state index contributed by atoms with van der Waals surface area (Å²) in [4.78, 5) is 13.6. The Morgan fingerprint density at radius 1 is 1.22 bits per heavy atom. The Balaban J connectivity index is 2.74. The first-order valence-electron chi connectivity index (χ1n) is 6.36. The van der Waals surface area contributed by atoms with Crippen LogP contribution in [-0.4, -0.2) is 31.4 Å². The summed E-state index contributed by atoms with van der Waals surface area (Å²) in [7, 11) is 3.54. The number of carbonyl (C=O) groups is 1. The average Bonchev–Trinajstić information content (AvgIpc) is 2.27. The molecule has 0 aliphatic rings. The lowest BCUT2D eigenvalue weighted by molar-refractivity contribution is 0.0828. The molecule has 0 fully saturated rings. The fourth-order valence-electron chi connectivity index (χ4n) is 1.64. The van der Waals surface area contributed by atoms with Gasteiger partial charge in [0.05, 0.1) is 5.56 Å². The van der Waals surface area contributed by atoms with Gasteiger partial charge in [-0.05, 0) is 24.0 Å². The zero-order valence-corrected chi connectivity index (χ0v) is 12.1. The maximum absolute atomic E-state index is 12.0. The monoisotopic (exact) mass is 248 g/mol. The normalized spacial score (nSPS) is 11.2. The molecule has 0 bridgehead atoms. The van der Waals surface area contributed by atoms with Crippen molar-refractivity contribution in [3.8, 4) is 0 Å². The van der Waals surface area contributed by atoms with Crippen molar-refractivity contribution in [2.24, 2.45) is 5.41 Å². The molecule has 0 spiro atoms. The largest absolute Gasteiger partial charge is 0.384 e. The number of nitrogens with one attached hydrogen (secondary N) is 1. The molecule has 100 valence electrons. The molecule has 0 aromatic heterocycles. The van der Waals surface area contributed by atoms with Crippen molar-refractivity contribution in [1.82, 2.24) is 4.90 Å². The highest BCUT2D eigenvalue weighted by atomic mass is 16.2. The Morgan fingerprint density at radius 3 is 2.39 bits per heavy atom. The second-order valence-corrected chi connectivity index (χ2v) is 5.98. The van der Waals surface area contributed by atoms with E-state index >= 15 is 0 Å². The number of carbonyl (C=O) groups excluding carboxylic acids is 1.